The van der Waals surface area contributed by atoms with Crippen LogP contribution in [-0.4, -0.2) is 29.2 Å². The molecule has 0 rings (SSSR count). The molecule has 0 saturated carbocycles. The fraction of sp³-hybridized carbons (Fsp3) is 0.929. The van der Waals surface area contributed by atoms with Crippen molar-refractivity contribution >= 4 is 22.6 Å². The molecule has 114 valence electrons. The molecule has 0 radical (unpaired) electrons. The minimum atomic E-state index is -1.59. The Balaban J connectivity index is 4.02. The summed E-state index contributed by atoms with van der Waals surface area (Å²) in [4.78, 5) is 11.8. The van der Waals surface area contributed by atoms with Crippen LogP contribution in [0.15, 0.2) is 0 Å². The standard InChI is InChI=1S/C14H32O3Si2/c1-9-14(2,3)13(15)16-11-10-12-19(7,8)17-18(4,5)6/h9-12H2,1-8H3. The monoisotopic (exact) mass is 304 g/mol. The van der Waals surface area contributed by atoms with Crippen LogP contribution < -0.4 is 0 Å². The van der Waals surface area contributed by atoms with Gasteiger partial charge in [-0.25, -0.2) is 0 Å². The Bertz CT molecular complexity index is 294. The van der Waals surface area contributed by atoms with Crippen molar-refractivity contribution < 1.29 is 13.6 Å². The zero-order valence-corrected chi connectivity index (χ0v) is 16.1. The van der Waals surface area contributed by atoms with Crippen LogP contribution in [0.1, 0.15) is 33.6 Å². The van der Waals surface area contributed by atoms with Gasteiger partial charge in [-0.1, -0.05) is 6.92 Å². The summed E-state index contributed by atoms with van der Waals surface area (Å²) in [5.41, 5.74) is -0.359. The largest absolute Gasteiger partial charge is 0.465 e. The van der Waals surface area contributed by atoms with Gasteiger partial charge in [0.05, 0.1) is 12.0 Å². The van der Waals surface area contributed by atoms with Gasteiger partial charge < -0.3 is 8.85 Å². The first-order valence-corrected chi connectivity index (χ1v) is 13.8. The molecular formula is C14H32O3Si2. The molecule has 0 aromatic carbocycles. The number of hydrogen-bond acceptors (Lipinski definition) is 3. The number of carbonyl (C=O) groups is 1. The number of ether oxygens (including phenoxy) is 1. The maximum Gasteiger partial charge on any atom is 0.311 e. The third-order valence-corrected chi connectivity index (χ3v) is 9.39. The van der Waals surface area contributed by atoms with E-state index in [1.165, 1.54) is 0 Å². The lowest BCUT2D eigenvalue weighted by molar-refractivity contribution is -0.154. The average molecular weight is 305 g/mol. The van der Waals surface area contributed by atoms with E-state index in [1.807, 2.05) is 20.8 Å². The summed E-state index contributed by atoms with van der Waals surface area (Å²) in [6, 6.07) is 1.05. The fourth-order valence-corrected chi connectivity index (χ4v) is 9.92. The lowest BCUT2D eigenvalue weighted by Gasteiger charge is -2.31. The van der Waals surface area contributed by atoms with Crippen molar-refractivity contribution in [2.24, 2.45) is 5.41 Å². The molecule has 3 nitrogen and oxygen atoms in total. The highest BCUT2D eigenvalue weighted by Gasteiger charge is 2.30. The minimum Gasteiger partial charge on any atom is -0.465 e. The molecule has 0 heterocycles. The molecule has 0 atom stereocenters. The third kappa shape index (κ3) is 8.60. The molecule has 0 N–H and O–H groups in total. The van der Waals surface area contributed by atoms with Crippen molar-refractivity contribution in [1.29, 1.82) is 0 Å². The van der Waals surface area contributed by atoms with Gasteiger partial charge in [-0.15, -0.1) is 0 Å². The van der Waals surface area contributed by atoms with E-state index < -0.39 is 16.6 Å². The molecule has 0 aliphatic rings. The van der Waals surface area contributed by atoms with Crippen molar-refractivity contribution in [3.63, 3.8) is 0 Å². The first kappa shape index (κ1) is 18.9. The Labute approximate surface area is 121 Å². The highest BCUT2D eigenvalue weighted by molar-refractivity contribution is 6.84. The second kappa shape index (κ2) is 7.04. The van der Waals surface area contributed by atoms with Crippen LogP contribution in [0.3, 0.4) is 0 Å². The Kier molecular flexibility index (Phi) is 6.99. The van der Waals surface area contributed by atoms with Crippen LogP contribution >= 0.6 is 0 Å². The van der Waals surface area contributed by atoms with Crippen LogP contribution in [0.5, 0.6) is 0 Å². The SMILES string of the molecule is CCC(C)(C)C(=O)OCCC[Si](C)(C)O[Si](C)(C)C. The first-order chi connectivity index (χ1) is 8.40. The maximum atomic E-state index is 11.8. The fourth-order valence-electron chi connectivity index (χ4n) is 1.88. The maximum absolute atomic E-state index is 11.8. The predicted octanol–water partition coefficient (Wildman–Crippen LogP) is 4.41. The summed E-state index contributed by atoms with van der Waals surface area (Å²) in [5.74, 6) is -0.0828. The van der Waals surface area contributed by atoms with Crippen molar-refractivity contribution in [3.05, 3.63) is 0 Å². The molecule has 0 bridgehead atoms. The number of rotatable bonds is 8. The molecule has 0 saturated heterocycles. The van der Waals surface area contributed by atoms with Gasteiger partial charge in [-0.05, 0) is 65.5 Å². The molecule has 0 aliphatic carbocycles. The molecule has 5 heteroatoms. The van der Waals surface area contributed by atoms with E-state index in [9.17, 15) is 4.79 Å². The van der Waals surface area contributed by atoms with Gasteiger partial charge >= 0.3 is 5.97 Å². The van der Waals surface area contributed by atoms with E-state index in [1.54, 1.807) is 0 Å². The summed E-state index contributed by atoms with van der Waals surface area (Å²) >= 11 is 0. The Hall–Kier alpha value is -0.136. The van der Waals surface area contributed by atoms with Crippen molar-refractivity contribution in [2.75, 3.05) is 6.61 Å². The van der Waals surface area contributed by atoms with Crippen molar-refractivity contribution in [1.82, 2.24) is 0 Å². The lowest BCUT2D eigenvalue weighted by atomic mass is 9.91. The lowest BCUT2D eigenvalue weighted by Crippen LogP contribution is -2.42. The minimum absolute atomic E-state index is 0.0828. The smallest absolute Gasteiger partial charge is 0.311 e. The van der Waals surface area contributed by atoms with Crippen LogP contribution in [0.4, 0.5) is 0 Å². The Morgan fingerprint density at radius 2 is 1.63 bits per heavy atom. The second-order valence-electron chi connectivity index (χ2n) is 7.45. The van der Waals surface area contributed by atoms with E-state index in [0.29, 0.717) is 6.61 Å². The number of hydrogen-bond donors (Lipinski definition) is 0. The molecular weight excluding hydrogens is 272 g/mol. The molecule has 0 amide bonds. The van der Waals surface area contributed by atoms with Crippen LogP contribution in [0, 0.1) is 5.41 Å². The van der Waals surface area contributed by atoms with Gasteiger partial charge in [-0.2, -0.15) is 0 Å². The van der Waals surface area contributed by atoms with E-state index >= 15 is 0 Å². The van der Waals surface area contributed by atoms with Crippen molar-refractivity contribution in [2.45, 2.75) is 72.4 Å². The second-order valence-corrected chi connectivity index (χ2v) is 16.5. The van der Waals surface area contributed by atoms with Gasteiger partial charge in [0.15, 0.2) is 16.6 Å². The molecule has 0 aromatic rings. The molecule has 19 heavy (non-hydrogen) atoms. The average Bonchev–Trinajstić information content (AvgIpc) is 2.20. The molecule has 0 aromatic heterocycles. The van der Waals surface area contributed by atoms with Crippen LogP contribution in [0.2, 0.25) is 38.8 Å². The van der Waals surface area contributed by atoms with Crippen molar-refractivity contribution in [3.8, 4) is 0 Å². The quantitative estimate of drug-likeness (QED) is 0.378. The summed E-state index contributed by atoms with van der Waals surface area (Å²) in [6.07, 6.45) is 1.72. The van der Waals surface area contributed by atoms with E-state index in [0.717, 1.165) is 18.9 Å². The summed E-state index contributed by atoms with van der Waals surface area (Å²) < 4.78 is 11.6. The van der Waals surface area contributed by atoms with Crippen LogP contribution in [-0.2, 0) is 13.6 Å². The zero-order chi connectivity index (χ0) is 15.3. The number of carbonyl (C=O) groups excluding carboxylic acids is 1. The van der Waals surface area contributed by atoms with Gasteiger partial charge in [0.2, 0.25) is 0 Å². The topological polar surface area (TPSA) is 35.5 Å². The highest BCUT2D eigenvalue weighted by atomic mass is 28.4. The molecule has 0 unspecified atom stereocenters. The van der Waals surface area contributed by atoms with Crippen LogP contribution in [0.25, 0.3) is 0 Å². The highest BCUT2D eigenvalue weighted by Crippen LogP contribution is 2.23. The molecule has 0 aliphatic heterocycles. The molecule has 0 spiro atoms. The first-order valence-electron chi connectivity index (χ1n) is 7.27. The molecule has 0 fully saturated rings. The predicted molar refractivity (Wildman–Crippen MR) is 86.4 cm³/mol. The van der Waals surface area contributed by atoms with E-state index in [-0.39, 0.29) is 11.4 Å². The van der Waals surface area contributed by atoms with E-state index in [2.05, 4.69) is 32.7 Å². The van der Waals surface area contributed by atoms with Gasteiger partial charge in [-0.3, -0.25) is 4.79 Å². The normalized spacial score (nSPS) is 13.5. The Morgan fingerprint density at radius 3 is 2.05 bits per heavy atom. The van der Waals surface area contributed by atoms with Gasteiger partial charge in [0.1, 0.15) is 0 Å². The zero-order valence-electron chi connectivity index (χ0n) is 14.1. The summed E-state index contributed by atoms with van der Waals surface area (Å²) in [7, 11) is -3.05. The Morgan fingerprint density at radius 1 is 1.11 bits per heavy atom. The number of esters is 1. The third-order valence-electron chi connectivity index (χ3n) is 3.18. The van der Waals surface area contributed by atoms with Gasteiger partial charge in [0, 0.05) is 0 Å². The summed E-state index contributed by atoms with van der Waals surface area (Å²) in [5, 5.41) is 0. The summed E-state index contributed by atoms with van der Waals surface area (Å²) in [6.45, 7) is 17.6. The van der Waals surface area contributed by atoms with E-state index in [4.69, 9.17) is 8.85 Å². The van der Waals surface area contributed by atoms with Gasteiger partial charge in [0.25, 0.3) is 0 Å².